The average Bonchev–Trinajstić information content (AvgIpc) is 2.76. The number of hydrogen-bond donors (Lipinski definition) is 0. The van der Waals surface area contributed by atoms with Crippen LogP contribution in [-0.4, -0.2) is 32.2 Å². The number of hydrogen-bond acceptors (Lipinski definition) is 2. The van der Waals surface area contributed by atoms with E-state index in [2.05, 4.69) is 6.92 Å². The van der Waals surface area contributed by atoms with Crippen LogP contribution in [0.25, 0.3) is 16.7 Å². The summed E-state index contributed by atoms with van der Waals surface area (Å²) < 4.78 is 54.0. The summed E-state index contributed by atoms with van der Waals surface area (Å²) in [4.78, 5) is 0. The maximum atomic E-state index is 14.8. The molecule has 0 N–H and O–H groups in total. The van der Waals surface area contributed by atoms with E-state index in [1.807, 2.05) is 6.07 Å². The Morgan fingerprint density at radius 2 is 1.67 bits per heavy atom. The molecule has 0 amide bonds. The topological polar surface area (TPSA) is 18.5 Å². The highest BCUT2D eigenvalue weighted by atomic mass is 19.2. The minimum atomic E-state index is -1.83. The van der Waals surface area contributed by atoms with Gasteiger partial charge in [-0.25, -0.2) is 13.2 Å². The van der Waals surface area contributed by atoms with Crippen LogP contribution >= 0.6 is 0 Å². The van der Waals surface area contributed by atoms with Crippen molar-refractivity contribution in [1.82, 2.24) is 0 Å². The van der Waals surface area contributed by atoms with Gasteiger partial charge in [-0.15, -0.1) is 0 Å². The molecule has 5 heteroatoms. The first kappa shape index (κ1) is 20.7. The molecular weight excluding hydrogens is 389 g/mol. The fraction of sp³-hybridized carbons (Fsp3) is 0.360. The first-order valence-corrected chi connectivity index (χ1v) is 10.2. The molecule has 0 spiro atoms. The molecule has 2 aromatic rings. The Balaban J connectivity index is 1.55. The Hall–Kier alpha value is -2.53. The molecule has 1 aliphatic carbocycles. The summed E-state index contributed by atoms with van der Waals surface area (Å²) in [6.07, 6.45) is 1.56. The second-order valence-electron chi connectivity index (χ2n) is 7.93. The van der Waals surface area contributed by atoms with Crippen molar-refractivity contribution in [2.45, 2.75) is 44.1 Å². The highest BCUT2D eigenvalue weighted by molar-refractivity contribution is 5.75. The van der Waals surface area contributed by atoms with Crippen LogP contribution in [0.2, 0.25) is 0 Å². The monoisotopic (exact) mass is 414 g/mol. The number of alkyl halides is 2. The van der Waals surface area contributed by atoms with E-state index < -0.39 is 12.3 Å². The summed E-state index contributed by atoms with van der Waals surface area (Å²) in [5, 5.41) is 0. The van der Waals surface area contributed by atoms with Crippen LogP contribution < -0.4 is 0 Å². The molecule has 4 rings (SSSR count). The molecule has 1 fully saturated rings. The average molecular weight is 414 g/mol. The van der Waals surface area contributed by atoms with Gasteiger partial charge in [-0.1, -0.05) is 42.5 Å². The summed E-state index contributed by atoms with van der Waals surface area (Å²) in [7, 11) is 1.32. The lowest BCUT2D eigenvalue weighted by Crippen LogP contribution is -2.24. The van der Waals surface area contributed by atoms with E-state index in [1.165, 1.54) is 19.3 Å². The van der Waals surface area contributed by atoms with E-state index in [9.17, 15) is 13.2 Å². The van der Waals surface area contributed by atoms with E-state index >= 15 is 0 Å². The van der Waals surface area contributed by atoms with E-state index in [0.29, 0.717) is 23.3 Å². The lowest BCUT2D eigenvalue weighted by Gasteiger charge is -2.27. The van der Waals surface area contributed by atoms with E-state index in [1.54, 1.807) is 36.4 Å². The van der Waals surface area contributed by atoms with Crippen molar-refractivity contribution in [3.05, 3.63) is 77.3 Å². The van der Waals surface area contributed by atoms with Gasteiger partial charge in [0.05, 0.1) is 19.8 Å². The minimum Gasteiger partial charge on any atom is -0.498 e. The van der Waals surface area contributed by atoms with Crippen LogP contribution in [0, 0.1) is 5.82 Å². The summed E-state index contributed by atoms with van der Waals surface area (Å²) in [5.41, 5.74) is 2.92. The summed E-state index contributed by atoms with van der Waals surface area (Å²) >= 11 is 0. The van der Waals surface area contributed by atoms with Crippen LogP contribution in [-0.2, 0) is 9.47 Å². The van der Waals surface area contributed by atoms with Gasteiger partial charge in [-0.05, 0) is 54.2 Å². The Morgan fingerprint density at radius 3 is 2.30 bits per heavy atom. The predicted octanol–water partition coefficient (Wildman–Crippen LogP) is 6.38. The van der Waals surface area contributed by atoms with Crippen molar-refractivity contribution in [3.8, 4) is 11.1 Å². The largest absolute Gasteiger partial charge is 0.498 e. The molecule has 1 saturated heterocycles. The molecular formula is C25H25F3O2. The maximum absolute atomic E-state index is 14.8. The van der Waals surface area contributed by atoms with Crippen LogP contribution in [0.3, 0.4) is 0 Å². The molecule has 0 saturated carbocycles. The number of rotatable bonds is 4. The highest BCUT2D eigenvalue weighted by Gasteiger charge is 2.32. The summed E-state index contributed by atoms with van der Waals surface area (Å²) in [5.74, 6) is -0.107. The van der Waals surface area contributed by atoms with Crippen LogP contribution in [0.4, 0.5) is 13.2 Å². The summed E-state index contributed by atoms with van der Waals surface area (Å²) in [6, 6.07) is 12.2. The third-order valence-corrected chi connectivity index (χ3v) is 5.99. The first-order chi connectivity index (χ1) is 14.5. The lowest BCUT2D eigenvalue weighted by atomic mass is 9.89. The van der Waals surface area contributed by atoms with Gasteiger partial charge >= 0.3 is 0 Å². The molecule has 158 valence electrons. The van der Waals surface area contributed by atoms with Gasteiger partial charge in [0, 0.05) is 11.5 Å². The molecule has 2 nitrogen and oxygen atoms in total. The molecule has 4 atom stereocenters. The van der Waals surface area contributed by atoms with Crippen molar-refractivity contribution in [2.75, 3.05) is 13.7 Å². The van der Waals surface area contributed by atoms with E-state index in [-0.39, 0.29) is 29.2 Å². The van der Waals surface area contributed by atoms with Crippen LogP contribution in [0.1, 0.15) is 36.8 Å². The minimum absolute atomic E-state index is 0.0251. The smallest absolute Gasteiger partial charge is 0.192 e. The number of halogens is 3. The standard InChI is InChI=1S/C25H25F3O2/c1-15-3-4-19(14-30-15)18-9-10-20(22(26)13-18)16-5-7-17(8-6-16)21-11-12-23(29-2)25(28)24(21)27/h5-13,15,19,24-25H,3-4,14H2,1-2H3. The number of methoxy groups -OCH3 is 1. The second-order valence-corrected chi connectivity index (χ2v) is 7.93. The van der Waals surface area contributed by atoms with Crippen LogP contribution in [0.5, 0.6) is 0 Å². The third-order valence-electron chi connectivity index (χ3n) is 5.99. The second kappa shape index (κ2) is 8.68. The molecule has 2 aromatic carbocycles. The van der Waals surface area contributed by atoms with Gasteiger partial charge in [0.15, 0.2) is 12.3 Å². The van der Waals surface area contributed by atoms with Crippen molar-refractivity contribution < 1.29 is 22.6 Å². The predicted molar refractivity (Wildman–Crippen MR) is 112 cm³/mol. The van der Waals surface area contributed by atoms with Crippen molar-refractivity contribution in [3.63, 3.8) is 0 Å². The zero-order valence-corrected chi connectivity index (χ0v) is 17.1. The lowest BCUT2D eigenvalue weighted by molar-refractivity contribution is 0.0154. The van der Waals surface area contributed by atoms with Gasteiger partial charge in [0.2, 0.25) is 0 Å². The number of ether oxygens (including phenoxy) is 2. The zero-order valence-electron chi connectivity index (χ0n) is 17.1. The Bertz CT molecular complexity index is 957. The first-order valence-electron chi connectivity index (χ1n) is 10.2. The molecule has 0 aromatic heterocycles. The maximum Gasteiger partial charge on any atom is 0.192 e. The van der Waals surface area contributed by atoms with Crippen molar-refractivity contribution in [1.29, 1.82) is 0 Å². The molecule has 1 heterocycles. The van der Waals surface area contributed by atoms with Crippen molar-refractivity contribution >= 4 is 5.57 Å². The number of benzene rings is 2. The van der Waals surface area contributed by atoms with Gasteiger partial charge in [-0.2, -0.15) is 0 Å². The fourth-order valence-electron chi connectivity index (χ4n) is 4.10. The van der Waals surface area contributed by atoms with Gasteiger partial charge < -0.3 is 9.47 Å². The highest BCUT2D eigenvalue weighted by Crippen LogP contribution is 2.35. The Labute approximate surface area is 175 Å². The van der Waals surface area contributed by atoms with Gasteiger partial charge in [0.25, 0.3) is 0 Å². The normalized spacial score (nSPS) is 26.7. The zero-order chi connectivity index (χ0) is 21.3. The third kappa shape index (κ3) is 4.04. The van der Waals surface area contributed by atoms with Crippen LogP contribution in [0.15, 0.2) is 60.4 Å². The van der Waals surface area contributed by atoms with E-state index in [0.717, 1.165) is 18.4 Å². The molecule has 0 radical (unpaired) electrons. The molecule has 0 bridgehead atoms. The Kier molecular flexibility index (Phi) is 6.00. The van der Waals surface area contributed by atoms with Gasteiger partial charge in [-0.3, -0.25) is 0 Å². The summed E-state index contributed by atoms with van der Waals surface area (Å²) in [6.45, 7) is 2.67. The molecule has 4 unspecified atom stereocenters. The van der Waals surface area contributed by atoms with E-state index in [4.69, 9.17) is 9.47 Å². The quantitative estimate of drug-likeness (QED) is 0.578. The molecule has 1 aliphatic heterocycles. The van der Waals surface area contributed by atoms with Crippen molar-refractivity contribution in [2.24, 2.45) is 0 Å². The molecule has 30 heavy (non-hydrogen) atoms. The molecule has 2 aliphatic rings. The fourth-order valence-corrected chi connectivity index (χ4v) is 4.10. The Morgan fingerprint density at radius 1 is 0.933 bits per heavy atom. The SMILES string of the molecule is COC1=CC=C(c2ccc(-c3ccc(C4CCC(C)OC4)cc3F)cc2)C(F)C1F. The number of allylic oxidation sites excluding steroid dienone is 4. The van der Waals surface area contributed by atoms with Gasteiger partial charge in [0.1, 0.15) is 11.6 Å².